The van der Waals surface area contributed by atoms with Crippen LogP contribution in [-0.4, -0.2) is 38.3 Å². The monoisotopic (exact) mass is 296 g/mol. The number of pyridine rings is 1. The Kier molecular flexibility index (Phi) is 4.11. The zero-order chi connectivity index (χ0) is 15.4. The van der Waals surface area contributed by atoms with E-state index in [1.165, 1.54) is 0 Å². The Bertz CT molecular complexity index is 770. The third-order valence-electron chi connectivity index (χ3n) is 3.43. The van der Waals surface area contributed by atoms with Crippen LogP contribution in [0.2, 0.25) is 0 Å². The Morgan fingerprint density at radius 1 is 1.23 bits per heavy atom. The second-order valence-electron chi connectivity index (χ2n) is 5.06. The van der Waals surface area contributed by atoms with Crippen LogP contribution >= 0.6 is 0 Å². The summed E-state index contributed by atoms with van der Waals surface area (Å²) in [5.41, 5.74) is 2.24. The average Bonchev–Trinajstić information content (AvgIpc) is 3.02. The molecule has 2 N–H and O–H groups in total. The van der Waals surface area contributed by atoms with E-state index in [-0.39, 0.29) is 18.6 Å². The maximum Gasteiger partial charge on any atom is 0.253 e. The zero-order valence-corrected chi connectivity index (χ0v) is 11.9. The number of hydrogen-bond acceptors (Lipinski definition) is 4. The van der Waals surface area contributed by atoms with Crippen molar-refractivity contribution in [2.45, 2.75) is 12.5 Å². The molecule has 2 aromatic heterocycles. The van der Waals surface area contributed by atoms with Gasteiger partial charge in [-0.15, -0.1) is 10.2 Å². The molecule has 1 amide bonds. The first kappa shape index (κ1) is 14.2. The number of aliphatic hydroxyl groups is 1. The number of aliphatic hydroxyl groups excluding tert-OH is 1. The predicted molar refractivity (Wildman–Crippen MR) is 81.5 cm³/mol. The number of fused-ring (bicyclic) bond motifs is 1. The molecule has 0 radical (unpaired) electrons. The van der Waals surface area contributed by atoms with Gasteiger partial charge < -0.3 is 10.4 Å². The van der Waals surface area contributed by atoms with E-state index in [9.17, 15) is 9.90 Å². The lowest BCUT2D eigenvalue weighted by Crippen LogP contribution is -2.39. The Morgan fingerprint density at radius 3 is 2.82 bits per heavy atom. The summed E-state index contributed by atoms with van der Waals surface area (Å²) in [5.74, 6) is -0.231. The van der Waals surface area contributed by atoms with Crippen LogP contribution in [0, 0.1) is 0 Å². The van der Waals surface area contributed by atoms with Crippen LogP contribution in [0.4, 0.5) is 0 Å². The SMILES string of the molecule is O=C(NC(CO)Cc1ccccc1)c1ccc2nncn2c1. The van der Waals surface area contributed by atoms with Crippen molar-refractivity contribution >= 4 is 11.6 Å². The summed E-state index contributed by atoms with van der Waals surface area (Å²) in [6, 6.07) is 12.8. The van der Waals surface area contributed by atoms with Crippen molar-refractivity contribution in [2.24, 2.45) is 0 Å². The molecular formula is C16H16N4O2. The number of aromatic nitrogens is 3. The molecular weight excluding hydrogens is 280 g/mol. The molecule has 1 unspecified atom stereocenters. The summed E-state index contributed by atoms with van der Waals surface area (Å²) in [6.07, 6.45) is 3.79. The summed E-state index contributed by atoms with van der Waals surface area (Å²) >= 11 is 0. The number of amides is 1. The van der Waals surface area contributed by atoms with Gasteiger partial charge in [-0.2, -0.15) is 0 Å². The van der Waals surface area contributed by atoms with E-state index in [1.54, 1.807) is 29.1 Å². The fourth-order valence-electron chi connectivity index (χ4n) is 2.29. The van der Waals surface area contributed by atoms with Gasteiger partial charge in [-0.1, -0.05) is 30.3 Å². The van der Waals surface area contributed by atoms with Gasteiger partial charge >= 0.3 is 0 Å². The van der Waals surface area contributed by atoms with Crippen molar-refractivity contribution in [2.75, 3.05) is 6.61 Å². The maximum atomic E-state index is 12.3. The van der Waals surface area contributed by atoms with E-state index in [0.717, 1.165) is 5.56 Å². The highest BCUT2D eigenvalue weighted by molar-refractivity contribution is 5.94. The molecule has 0 fully saturated rings. The lowest BCUT2D eigenvalue weighted by atomic mass is 10.1. The highest BCUT2D eigenvalue weighted by Crippen LogP contribution is 2.06. The first-order valence-electron chi connectivity index (χ1n) is 7.01. The van der Waals surface area contributed by atoms with Crippen molar-refractivity contribution in [1.29, 1.82) is 0 Å². The van der Waals surface area contributed by atoms with Crippen LogP contribution in [0.1, 0.15) is 15.9 Å². The largest absolute Gasteiger partial charge is 0.394 e. The van der Waals surface area contributed by atoms with Crippen LogP contribution in [0.15, 0.2) is 55.0 Å². The number of carbonyl (C=O) groups is 1. The van der Waals surface area contributed by atoms with Crippen LogP contribution in [-0.2, 0) is 6.42 Å². The van der Waals surface area contributed by atoms with E-state index >= 15 is 0 Å². The van der Waals surface area contributed by atoms with Crippen molar-refractivity contribution in [1.82, 2.24) is 19.9 Å². The quantitative estimate of drug-likeness (QED) is 0.738. The molecule has 0 aliphatic heterocycles. The van der Waals surface area contributed by atoms with E-state index in [2.05, 4.69) is 15.5 Å². The molecule has 0 aliphatic carbocycles. The van der Waals surface area contributed by atoms with Crippen LogP contribution in [0.3, 0.4) is 0 Å². The minimum atomic E-state index is -0.327. The van der Waals surface area contributed by atoms with Crippen LogP contribution < -0.4 is 5.32 Å². The van der Waals surface area contributed by atoms with Crippen molar-refractivity contribution < 1.29 is 9.90 Å². The van der Waals surface area contributed by atoms with Gasteiger partial charge in [0.15, 0.2) is 5.65 Å². The minimum absolute atomic E-state index is 0.116. The number of hydrogen-bond donors (Lipinski definition) is 2. The summed E-state index contributed by atoms with van der Waals surface area (Å²) < 4.78 is 1.68. The Labute approximate surface area is 127 Å². The third-order valence-corrected chi connectivity index (χ3v) is 3.43. The molecule has 0 bridgehead atoms. The molecule has 6 heteroatoms. The Balaban J connectivity index is 1.71. The molecule has 6 nitrogen and oxygen atoms in total. The molecule has 0 saturated heterocycles. The summed E-state index contributed by atoms with van der Waals surface area (Å²) in [6.45, 7) is -0.116. The van der Waals surface area contributed by atoms with E-state index in [4.69, 9.17) is 0 Å². The van der Waals surface area contributed by atoms with Gasteiger partial charge in [0.25, 0.3) is 5.91 Å². The maximum absolute atomic E-state index is 12.3. The zero-order valence-electron chi connectivity index (χ0n) is 11.9. The molecule has 3 rings (SSSR count). The van der Waals surface area contributed by atoms with Crippen LogP contribution in [0.5, 0.6) is 0 Å². The van der Waals surface area contributed by atoms with Crippen molar-refractivity contribution in [3.8, 4) is 0 Å². The lowest BCUT2D eigenvalue weighted by molar-refractivity contribution is 0.0916. The summed E-state index contributed by atoms with van der Waals surface area (Å²) in [7, 11) is 0. The molecule has 2 heterocycles. The minimum Gasteiger partial charge on any atom is -0.394 e. The Hall–Kier alpha value is -2.73. The number of carbonyl (C=O) groups excluding carboxylic acids is 1. The van der Waals surface area contributed by atoms with E-state index < -0.39 is 0 Å². The normalized spacial score (nSPS) is 12.2. The molecule has 1 atom stereocenters. The smallest absolute Gasteiger partial charge is 0.253 e. The molecule has 112 valence electrons. The first-order valence-corrected chi connectivity index (χ1v) is 7.01. The van der Waals surface area contributed by atoms with Crippen molar-refractivity contribution in [3.63, 3.8) is 0 Å². The van der Waals surface area contributed by atoms with E-state index in [1.807, 2.05) is 30.3 Å². The Morgan fingerprint density at radius 2 is 2.05 bits per heavy atom. The number of nitrogens with one attached hydrogen (secondary N) is 1. The van der Waals surface area contributed by atoms with Gasteiger partial charge in [0, 0.05) is 6.20 Å². The second kappa shape index (κ2) is 6.36. The lowest BCUT2D eigenvalue weighted by Gasteiger charge is -2.16. The highest BCUT2D eigenvalue weighted by atomic mass is 16.3. The first-order chi connectivity index (χ1) is 10.8. The molecule has 0 saturated carbocycles. The van der Waals surface area contributed by atoms with Gasteiger partial charge in [-0.05, 0) is 24.1 Å². The van der Waals surface area contributed by atoms with Gasteiger partial charge in [-0.25, -0.2) is 0 Å². The van der Waals surface area contributed by atoms with Crippen LogP contribution in [0.25, 0.3) is 5.65 Å². The summed E-state index contributed by atoms with van der Waals surface area (Å²) in [4.78, 5) is 12.3. The summed E-state index contributed by atoms with van der Waals surface area (Å²) in [5, 5.41) is 20.0. The van der Waals surface area contributed by atoms with Crippen molar-refractivity contribution in [3.05, 3.63) is 66.1 Å². The highest BCUT2D eigenvalue weighted by Gasteiger charge is 2.14. The van der Waals surface area contributed by atoms with Gasteiger partial charge in [0.1, 0.15) is 6.33 Å². The number of benzene rings is 1. The van der Waals surface area contributed by atoms with Gasteiger partial charge in [0.05, 0.1) is 18.2 Å². The van der Waals surface area contributed by atoms with E-state index in [0.29, 0.717) is 17.6 Å². The topological polar surface area (TPSA) is 79.5 Å². The second-order valence-corrected chi connectivity index (χ2v) is 5.06. The fraction of sp³-hybridized carbons (Fsp3) is 0.188. The molecule has 22 heavy (non-hydrogen) atoms. The number of nitrogens with zero attached hydrogens (tertiary/aromatic N) is 3. The third kappa shape index (κ3) is 3.12. The van der Waals surface area contributed by atoms with Gasteiger partial charge in [-0.3, -0.25) is 9.20 Å². The molecule has 0 aliphatic rings. The molecule has 0 spiro atoms. The standard InChI is InChI=1S/C16H16N4O2/c21-10-14(8-12-4-2-1-3-5-12)18-16(22)13-6-7-15-19-17-11-20(15)9-13/h1-7,9,11,14,21H,8,10H2,(H,18,22). The fourth-order valence-corrected chi connectivity index (χ4v) is 2.29. The average molecular weight is 296 g/mol. The predicted octanol–water partition coefficient (Wildman–Crippen LogP) is 1.06. The van der Waals surface area contributed by atoms with Gasteiger partial charge in [0.2, 0.25) is 0 Å². The molecule has 3 aromatic rings. The number of rotatable bonds is 5. The molecule has 1 aromatic carbocycles.